The first-order valence-corrected chi connectivity index (χ1v) is 14.8. The molecule has 46 heavy (non-hydrogen) atoms. The van der Waals surface area contributed by atoms with E-state index in [4.69, 9.17) is 23.2 Å². The molecule has 0 bridgehead atoms. The summed E-state index contributed by atoms with van der Waals surface area (Å²) in [6, 6.07) is 21.6. The van der Waals surface area contributed by atoms with Gasteiger partial charge in [-0.05, 0) is 86.3 Å². The van der Waals surface area contributed by atoms with Gasteiger partial charge in [-0.25, -0.2) is 0 Å². The number of azo groups is 2. The van der Waals surface area contributed by atoms with Crippen molar-refractivity contribution in [2.45, 2.75) is 39.8 Å². The first-order valence-electron chi connectivity index (χ1n) is 14.1. The van der Waals surface area contributed by atoms with E-state index in [9.17, 15) is 19.2 Å². The summed E-state index contributed by atoms with van der Waals surface area (Å²) in [4.78, 5) is 49.9. The van der Waals surface area contributed by atoms with Gasteiger partial charge in [0.05, 0.1) is 10.0 Å². The van der Waals surface area contributed by atoms with Gasteiger partial charge in [0.2, 0.25) is 12.1 Å². The minimum absolute atomic E-state index is 0.228. The van der Waals surface area contributed by atoms with Crippen molar-refractivity contribution in [2.75, 3.05) is 10.6 Å². The third-order valence-corrected chi connectivity index (χ3v) is 7.47. The average Bonchev–Trinajstić information content (AvgIpc) is 3.00. The molecule has 12 heteroatoms. The molecule has 0 fully saturated rings. The molecule has 2 N–H and O–H groups in total. The predicted octanol–water partition coefficient (Wildman–Crippen LogP) is 8.64. The summed E-state index contributed by atoms with van der Waals surface area (Å²) in [6.45, 7) is 6.20. The van der Waals surface area contributed by atoms with Gasteiger partial charge in [-0.3, -0.25) is 19.2 Å². The number of rotatable bonds is 11. The number of hydrogen-bond acceptors (Lipinski definition) is 8. The van der Waals surface area contributed by atoms with Crippen LogP contribution in [0.3, 0.4) is 0 Å². The summed E-state index contributed by atoms with van der Waals surface area (Å²) in [7, 11) is 0. The highest BCUT2D eigenvalue weighted by molar-refractivity contribution is 6.34. The van der Waals surface area contributed by atoms with Gasteiger partial charge in [0.15, 0.2) is 11.6 Å². The first kappa shape index (κ1) is 33.8. The van der Waals surface area contributed by atoms with Crippen molar-refractivity contribution in [2.24, 2.45) is 20.5 Å². The highest BCUT2D eigenvalue weighted by Gasteiger charge is 2.25. The summed E-state index contributed by atoms with van der Waals surface area (Å²) >= 11 is 13.0. The van der Waals surface area contributed by atoms with Crippen LogP contribution in [-0.2, 0) is 19.2 Å². The lowest BCUT2D eigenvalue weighted by Gasteiger charge is -2.11. The monoisotopic (exact) mass is 656 g/mol. The molecule has 4 aromatic carbocycles. The van der Waals surface area contributed by atoms with E-state index in [1.807, 2.05) is 38.1 Å². The summed E-state index contributed by atoms with van der Waals surface area (Å²) < 4.78 is 0. The topological polar surface area (TPSA) is 142 Å². The van der Waals surface area contributed by atoms with Crippen molar-refractivity contribution in [1.29, 1.82) is 0 Å². The van der Waals surface area contributed by atoms with E-state index in [0.29, 0.717) is 22.5 Å². The molecular formula is C34H30Cl2N6O4. The van der Waals surface area contributed by atoms with Crippen LogP contribution in [0.4, 0.5) is 22.7 Å². The minimum Gasteiger partial charge on any atom is -0.324 e. The highest BCUT2D eigenvalue weighted by Crippen LogP contribution is 2.35. The van der Waals surface area contributed by atoms with Gasteiger partial charge < -0.3 is 10.6 Å². The van der Waals surface area contributed by atoms with Gasteiger partial charge in [0.25, 0.3) is 11.8 Å². The number of ketones is 2. The number of aryl methyl sites for hydroxylation is 2. The lowest BCUT2D eigenvalue weighted by Crippen LogP contribution is -2.32. The number of nitrogens with zero attached hydrogens (tertiary/aromatic N) is 4. The Hall–Kier alpha value is -5.06. The van der Waals surface area contributed by atoms with Crippen LogP contribution in [0.1, 0.15) is 25.0 Å². The van der Waals surface area contributed by atoms with Crippen molar-refractivity contribution in [3.05, 3.63) is 106 Å². The van der Waals surface area contributed by atoms with Crippen LogP contribution >= 0.6 is 23.2 Å². The molecule has 0 saturated carbocycles. The summed E-state index contributed by atoms with van der Waals surface area (Å²) in [5.74, 6) is -2.16. The van der Waals surface area contributed by atoms with Crippen LogP contribution < -0.4 is 10.6 Å². The Morgan fingerprint density at radius 3 is 1.28 bits per heavy atom. The number of benzene rings is 4. The Morgan fingerprint density at radius 1 is 0.587 bits per heavy atom. The second-order valence-electron chi connectivity index (χ2n) is 10.4. The molecule has 0 aromatic heterocycles. The van der Waals surface area contributed by atoms with Crippen LogP contribution in [0.15, 0.2) is 105 Å². The van der Waals surface area contributed by atoms with Crippen molar-refractivity contribution in [1.82, 2.24) is 0 Å². The van der Waals surface area contributed by atoms with Crippen LogP contribution in [0, 0.1) is 13.8 Å². The molecule has 0 spiro atoms. The molecule has 0 saturated heterocycles. The number of carbonyl (C=O) groups excluding carboxylic acids is 4. The molecule has 0 heterocycles. The lowest BCUT2D eigenvalue weighted by atomic mass is 10.0. The van der Waals surface area contributed by atoms with Crippen molar-refractivity contribution >= 4 is 69.3 Å². The molecule has 4 aromatic rings. The quantitative estimate of drug-likeness (QED) is 0.123. The molecule has 2 amide bonds. The molecule has 234 valence electrons. The van der Waals surface area contributed by atoms with Gasteiger partial charge in [-0.1, -0.05) is 71.7 Å². The van der Waals surface area contributed by atoms with Crippen LogP contribution in [0.5, 0.6) is 0 Å². The number of carbonyl (C=O) groups is 4. The molecule has 0 radical (unpaired) electrons. The van der Waals surface area contributed by atoms with Crippen molar-refractivity contribution in [3.63, 3.8) is 0 Å². The van der Waals surface area contributed by atoms with Crippen molar-refractivity contribution in [3.8, 4) is 11.1 Å². The first-order chi connectivity index (χ1) is 21.9. The van der Waals surface area contributed by atoms with Gasteiger partial charge in [-0.2, -0.15) is 20.5 Å². The second-order valence-corrected chi connectivity index (χ2v) is 11.2. The van der Waals surface area contributed by atoms with Crippen LogP contribution in [0.25, 0.3) is 11.1 Å². The molecule has 4 rings (SSSR count). The minimum atomic E-state index is -1.35. The number of amides is 2. The zero-order valence-electron chi connectivity index (χ0n) is 25.4. The number of Topliss-reactive ketones (excluding diaryl/α,β-unsaturated/α-hetero) is 2. The Labute approximate surface area is 275 Å². The highest BCUT2D eigenvalue weighted by atomic mass is 35.5. The fraction of sp³-hybridized carbons (Fsp3) is 0.176. The maximum Gasteiger partial charge on any atom is 0.258 e. The van der Waals surface area contributed by atoms with E-state index in [2.05, 4.69) is 31.1 Å². The van der Waals surface area contributed by atoms with E-state index < -0.39 is 35.5 Å². The van der Waals surface area contributed by atoms with E-state index in [-0.39, 0.29) is 21.4 Å². The Morgan fingerprint density at radius 2 is 0.957 bits per heavy atom. The Balaban J connectivity index is 1.47. The maximum absolute atomic E-state index is 12.8. The molecule has 10 nitrogen and oxygen atoms in total. The van der Waals surface area contributed by atoms with E-state index in [1.54, 1.807) is 60.7 Å². The molecule has 0 aliphatic rings. The third kappa shape index (κ3) is 8.56. The average molecular weight is 658 g/mol. The number of para-hydroxylation sites is 2. The maximum atomic E-state index is 12.8. The SMILES string of the molecule is CC(=O)C(N=Nc1ccc(-c2ccc(N=NC(C(C)=O)C(=O)Nc3ccccc3C)c(Cl)c2)cc1Cl)C(=O)Nc1ccccc1C. The standard InChI is InChI=1S/C34H30Cl2N6O4/c1-19-9-5-7-11-27(19)37-33(45)31(21(3)43)41-39-29-15-13-23(17-25(29)35)24-14-16-30(26(36)18-24)40-42-32(22(4)44)34(46)38-28-12-8-6-10-20(28)2/h5-18,31-32H,1-4H3,(H,37,45)(H,38,46). The Kier molecular flexibility index (Phi) is 11.2. The summed E-state index contributed by atoms with van der Waals surface area (Å²) in [5, 5.41) is 22.0. The summed E-state index contributed by atoms with van der Waals surface area (Å²) in [6.07, 6.45) is 0. The molecule has 0 aliphatic heterocycles. The number of hydrogen-bond donors (Lipinski definition) is 2. The number of halogens is 2. The molecular weight excluding hydrogens is 627 g/mol. The molecule has 2 atom stereocenters. The third-order valence-electron chi connectivity index (χ3n) is 6.86. The fourth-order valence-electron chi connectivity index (χ4n) is 4.24. The summed E-state index contributed by atoms with van der Waals surface area (Å²) in [5.41, 5.74) is 4.72. The Bertz CT molecular complexity index is 1740. The normalized spacial score (nSPS) is 12.6. The van der Waals surface area contributed by atoms with E-state index in [0.717, 1.165) is 11.1 Å². The van der Waals surface area contributed by atoms with Crippen molar-refractivity contribution < 1.29 is 19.2 Å². The second kappa shape index (κ2) is 15.3. The van der Waals surface area contributed by atoms with Gasteiger partial charge in [-0.15, -0.1) is 0 Å². The predicted molar refractivity (Wildman–Crippen MR) is 179 cm³/mol. The zero-order chi connectivity index (χ0) is 33.4. The molecule has 2 unspecified atom stereocenters. The smallest absolute Gasteiger partial charge is 0.258 e. The van der Waals surface area contributed by atoms with Gasteiger partial charge >= 0.3 is 0 Å². The van der Waals surface area contributed by atoms with E-state index >= 15 is 0 Å². The largest absolute Gasteiger partial charge is 0.324 e. The lowest BCUT2D eigenvalue weighted by molar-refractivity contribution is -0.127. The number of nitrogens with one attached hydrogen (secondary N) is 2. The number of anilines is 2. The molecule has 0 aliphatic carbocycles. The zero-order valence-corrected chi connectivity index (χ0v) is 26.9. The van der Waals surface area contributed by atoms with Gasteiger partial charge in [0.1, 0.15) is 11.4 Å². The fourth-order valence-corrected chi connectivity index (χ4v) is 4.68. The van der Waals surface area contributed by atoms with E-state index in [1.165, 1.54) is 13.8 Å². The van der Waals surface area contributed by atoms with Gasteiger partial charge in [0, 0.05) is 11.4 Å². The van der Waals surface area contributed by atoms with Crippen LogP contribution in [0.2, 0.25) is 10.0 Å². The van der Waals surface area contributed by atoms with Crippen LogP contribution in [-0.4, -0.2) is 35.5 Å².